The van der Waals surface area contributed by atoms with E-state index in [-0.39, 0.29) is 0 Å². The summed E-state index contributed by atoms with van der Waals surface area (Å²) in [6.45, 7) is 7.36. The lowest BCUT2D eigenvalue weighted by atomic mass is 10.1. The van der Waals surface area contributed by atoms with Gasteiger partial charge in [0.15, 0.2) is 0 Å². The van der Waals surface area contributed by atoms with E-state index in [1.165, 1.54) is 17.4 Å². The van der Waals surface area contributed by atoms with E-state index in [4.69, 9.17) is 4.42 Å². The summed E-state index contributed by atoms with van der Waals surface area (Å²) in [6, 6.07) is 8.29. The van der Waals surface area contributed by atoms with E-state index in [0.29, 0.717) is 0 Å². The lowest BCUT2D eigenvalue weighted by molar-refractivity contribution is 0.256. The predicted molar refractivity (Wildman–Crippen MR) is 84.8 cm³/mol. The molecule has 3 nitrogen and oxygen atoms in total. The van der Waals surface area contributed by atoms with E-state index in [9.17, 15) is 0 Å². The first-order valence-corrected chi connectivity index (χ1v) is 7.48. The lowest BCUT2D eigenvalue weighted by Gasteiger charge is -2.19. The molecule has 0 saturated carbocycles. The van der Waals surface area contributed by atoms with E-state index in [1.54, 1.807) is 0 Å². The summed E-state index contributed by atoms with van der Waals surface area (Å²) in [6.07, 6.45) is 1.22. The highest BCUT2D eigenvalue weighted by Crippen LogP contribution is 2.26. The van der Waals surface area contributed by atoms with Gasteiger partial charge in [0.25, 0.3) is 0 Å². The van der Waals surface area contributed by atoms with Crippen LogP contribution in [0.25, 0.3) is 11.0 Å². The zero-order valence-corrected chi connectivity index (χ0v) is 13.1. The first-order chi connectivity index (χ1) is 9.65. The Bertz CT molecular complexity index is 547. The van der Waals surface area contributed by atoms with E-state index < -0.39 is 0 Å². The summed E-state index contributed by atoms with van der Waals surface area (Å²) in [5, 5.41) is 4.48. The molecule has 0 saturated heterocycles. The maximum Gasteiger partial charge on any atom is 0.134 e. The van der Waals surface area contributed by atoms with E-state index in [0.717, 1.165) is 36.9 Å². The molecule has 0 bridgehead atoms. The quantitative estimate of drug-likeness (QED) is 0.835. The minimum absolute atomic E-state index is 0.720. The number of rotatable bonds is 7. The van der Waals surface area contributed by atoms with Gasteiger partial charge in [-0.3, -0.25) is 4.90 Å². The molecule has 20 heavy (non-hydrogen) atoms. The Morgan fingerprint density at radius 2 is 2.05 bits per heavy atom. The van der Waals surface area contributed by atoms with Crippen LogP contribution in [0.5, 0.6) is 0 Å². The van der Waals surface area contributed by atoms with Crippen molar-refractivity contribution in [3.63, 3.8) is 0 Å². The van der Waals surface area contributed by atoms with Crippen molar-refractivity contribution in [3.05, 3.63) is 35.6 Å². The van der Waals surface area contributed by atoms with Gasteiger partial charge in [-0.15, -0.1) is 0 Å². The van der Waals surface area contributed by atoms with Crippen molar-refractivity contribution < 1.29 is 4.42 Å². The van der Waals surface area contributed by atoms with E-state index in [1.807, 2.05) is 19.2 Å². The maximum atomic E-state index is 6.06. The largest absolute Gasteiger partial charge is 0.459 e. The maximum absolute atomic E-state index is 6.06. The third-order valence-electron chi connectivity index (χ3n) is 3.87. The SMILES string of the molecule is CCC(C)CN(C)Cc1oc2ccccc2c1CNC. The fourth-order valence-corrected chi connectivity index (χ4v) is 2.62. The van der Waals surface area contributed by atoms with Crippen LogP contribution < -0.4 is 5.32 Å². The minimum atomic E-state index is 0.720. The van der Waals surface area contributed by atoms with Crippen LogP contribution >= 0.6 is 0 Å². The number of nitrogens with zero attached hydrogens (tertiary/aromatic N) is 1. The van der Waals surface area contributed by atoms with Gasteiger partial charge in [0, 0.05) is 24.0 Å². The summed E-state index contributed by atoms with van der Waals surface area (Å²) in [7, 11) is 4.15. The Kier molecular flexibility index (Phi) is 5.21. The second-order valence-electron chi connectivity index (χ2n) is 5.74. The van der Waals surface area contributed by atoms with Gasteiger partial charge in [0.2, 0.25) is 0 Å². The van der Waals surface area contributed by atoms with Crippen LogP contribution in [0, 0.1) is 5.92 Å². The average Bonchev–Trinajstić information content (AvgIpc) is 2.77. The molecule has 0 radical (unpaired) electrons. The Hall–Kier alpha value is -1.32. The number of hydrogen-bond acceptors (Lipinski definition) is 3. The van der Waals surface area contributed by atoms with Gasteiger partial charge in [0.05, 0.1) is 6.54 Å². The Morgan fingerprint density at radius 3 is 2.75 bits per heavy atom. The molecular formula is C17H26N2O. The van der Waals surface area contributed by atoms with Gasteiger partial charge in [-0.2, -0.15) is 0 Å². The molecule has 2 rings (SSSR count). The van der Waals surface area contributed by atoms with Crippen LogP contribution in [-0.2, 0) is 13.1 Å². The molecule has 0 amide bonds. The molecule has 3 heteroatoms. The van der Waals surface area contributed by atoms with Crippen molar-refractivity contribution in [1.29, 1.82) is 0 Å². The third-order valence-corrected chi connectivity index (χ3v) is 3.87. The Morgan fingerprint density at radius 1 is 1.30 bits per heavy atom. The number of fused-ring (bicyclic) bond motifs is 1. The van der Waals surface area contributed by atoms with Crippen molar-refractivity contribution in [2.45, 2.75) is 33.4 Å². The molecule has 1 heterocycles. The molecule has 0 aliphatic rings. The highest BCUT2D eigenvalue weighted by Gasteiger charge is 2.15. The normalized spacial score (nSPS) is 13.2. The molecule has 0 fully saturated rings. The number of hydrogen-bond donors (Lipinski definition) is 1. The first-order valence-electron chi connectivity index (χ1n) is 7.48. The average molecular weight is 274 g/mol. The molecule has 0 aliphatic heterocycles. The zero-order chi connectivity index (χ0) is 14.5. The summed E-state index contributed by atoms with van der Waals surface area (Å²) in [4.78, 5) is 2.35. The van der Waals surface area contributed by atoms with Crippen LogP contribution in [0.2, 0.25) is 0 Å². The smallest absolute Gasteiger partial charge is 0.134 e. The third kappa shape index (κ3) is 3.41. The first kappa shape index (κ1) is 15.1. The lowest BCUT2D eigenvalue weighted by Crippen LogP contribution is -2.24. The van der Waals surface area contributed by atoms with E-state index in [2.05, 4.69) is 43.2 Å². The summed E-state index contributed by atoms with van der Waals surface area (Å²) < 4.78 is 6.06. The summed E-state index contributed by atoms with van der Waals surface area (Å²) >= 11 is 0. The van der Waals surface area contributed by atoms with Crippen molar-refractivity contribution >= 4 is 11.0 Å². The predicted octanol–water partition coefficient (Wildman–Crippen LogP) is 3.63. The Labute approximate surface area is 122 Å². The highest BCUT2D eigenvalue weighted by atomic mass is 16.3. The zero-order valence-electron chi connectivity index (χ0n) is 13.1. The molecule has 2 aromatic rings. The minimum Gasteiger partial charge on any atom is -0.459 e. The second-order valence-corrected chi connectivity index (χ2v) is 5.74. The van der Waals surface area contributed by atoms with Gasteiger partial charge in [-0.05, 0) is 26.1 Å². The van der Waals surface area contributed by atoms with Crippen molar-refractivity contribution in [2.75, 3.05) is 20.6 Å². The monoisotopic (exact) mass is 274 g/mol. The van der Waals surface area contributed by atoms with Crippen LogP contribution in [0.15, 0.2) is 28.7 Å². The highest BCUT2D eigenvalue weighted by molar-refractivity contribution is 5.82. The number of para-hydroxylation sites is 1. The van der Waals surface area contributed by atoms with Crippen LogP contribution in [0.4, 0.5) is 0 Å². The fraction of sp³-hybridized carbons (Fsp3) is 0.529. The van der Waals surface area contributed by atoms with Gasteiger partial charge in [-0.1, -0.05) is 38.5 Å². The number of nitrogens with one attached hydrogen (secondary N) is 1. The molecule has 110 valence electrons. The Balaban J connectivity index is 2.22. The summed E-state index contributed by atoms with van der Waals surface area (Å²) in [5.41, 5.74) is 2.28. The molecule has 1 N–H and O–H groups in total. The second kappa shape index (κ2) is 6.91. The van der Waals surface area contributed by atoms with Crippen molar-refractivity contribution in [1.82, 2.24) is 10.2 Å². The molecule has 0 spiro atoms. The number of furan rings is 1. The molecule has 0 aliphatic carbocycles. The fourth-order valence-electron chi connectivity index (χ4n) is 2.62. The molecule has 1 unspecified atom stereocenters. The van der Waals surface area contributed by atoms with Gasteiger partial charge >= 0.3 is 0 Å². The van der Waals surface area contributed by atoms with Crippen LogP contribution in [0.3, 0.4) is 0 Å². The van der Waals surface area contributed by atoms with Gasteiger partial charge < -0.3 is 9.73 Å². The standard InChI is InChI=1S/C17H26N2O/c1-5-13(2)11-19(4)12-17-15(10-18-3)14-8-6-7-9-16(14)20-17/h6-9,13,18H,5,10-12H2,1-4H3. The van der Waals surface area contributed by atoms with Crippen molar-refractivity contribution in [2.24, 2.45) is 5.92 Å². The molecular weight excluding hydrogens is 248 g/mol. The van der Waals surface area contributed by atoms with Crippen LogP contribution in [0.1, 0.15) is 31.6 Å². The topological polar surface area (TPSA) is 28.4 Å². The van der Waals surface area contributed by atoms with Crippen molar-refractivity contribution in [3.8, 4) is 0 Å². The van der Waals surface area contributed by atoms with Crippen LogP contribution in [-0.4, -0.2) is 25.5 Å². The number of benzene rings is 1. The van der Waals surface area contributed by atoms with Gasteiger partial charge in [0.1, 0.15) is 11.3 Å². The van der Waals surface area contributed by atoms with E-state index >= 15 is 0 Å². The molecule has 1 aromatic heterocycles. The van der Waals surface area contributed by atoms with Gasteiger partial charge in [-0.25, -0.2) is 0 Å². The summed E-state index contributed by atoms with van der Waals surface area (Å²) in [5.74, 6) is 1.81. The molecule has 1 atom stereocenters. The molecule has 1 aromatic carbocycles.